The zero-order valence-corrected chi connectivity index (χ0v) is 8.89. The highest BCUT2D eigenvalue weighted by molar-refractivity contribution is 5.73. The van der Waals surface area contributed by atoms with Crippen LogP contribution in [0.2, 0.25) is 0 Å². The molecule has 1 aromatic carbocycles. The molecule has 2 aromatic rings. The molecule has 0 unspecified atom stereocenters. The minimum Gasteiger partial charge on any atom is -0.397 e. The van der Waals surface area contributed by atoms with Gasteiger partial charge >= 0.3 is 0 Å². The van der Waals surface area contributed by atoms with Crippen LogP contribution in [0.1, 0.15) is 0 Å². The average molecular weight is 217 g/mol. The fourth-order valence-electron chi connectivity index (χ4n) is 1.50. The Morgan fingerprint density at radius 1 is 1.31 bits per heavy atom. The number of aromatic nitrogens is 1. The van der Waals surface area contributed by atoms with Crippen LogP contribution in [0.3, 0.4) is 0 Å². The summed E-state index contributed by atoms with van der Waals surface area (Å²) in [7, 11) is 1.82. The Labute approximate surface area is 93.3 Å². The summed E-state index contributed by atoms with van der Waals surface area (Å²) in [4.78, 5) is 5.80. The molecular weight excluding hydrogens is 205 g/mol. The van der Waals surface area contributed by atoms with Crippen LogP contribution in [0, 0.1) is 5.82 Å². The molecule has 0 atom stereocenters. The van der Waals surface area contributed by atoms with Crippen molar-refractivity contribution in [3.8, 4) is 0 Å². The molecule has 16 heavy (non-hydrogen) atoms. The fourth-order valence-corrected chi connectivity index (χ4v) is 1.50. The highest BCUT2D eigenvalue weighted by Gasteiger charge is 2.08. The maximum Gasteiger partial charge on any atom is 0.125 e. The minimum atomic E-state index is -0.306. The number of rotatable bonds is 2. The van der Waals surface area contributed by atoms with Crippen molar-refractivity contribution in [1.82, 2.24) is 4.98 Å². The van der Waals surface area contributed by atoms with Crippen LogP contribution in [0.15, 0.2) is 42.7 Å². The van der Waals surface area contributed by atoms with E-state index in [0.717, 1.165) is 5.69 Å². The predicted molar refractivity (Wildman–Crippen MR) is 63.1 cm³/mol. The summed E-state index contributed by atoms with van der Waals surface area (Å²) >= 11 is 0. The standard InChI is InChI=1S/C12H12FN3/c1-16(10-3-2-6-15-8-10)12-7-9(13)4-5-11(12)14/h2-8H,14H2,1H3. The van der Waals surface area contributed by atoms with Crippen LogP contribution < -0.4 is 10.6 Å². The largest absolute Gasteiger partial charge is 0.397 e. The molecular formula is C12H12FN3. The van der Waals surface area contributed by atoms with Crippen molar-refractivity contribution in [3.63, 3.8) is 0 Å². The number of nitrogen functional groups attached to an aromatic ring is 1. The Bertz CT molecular complexity index is 485. The molecule has 0 aliphatic carbocycles. The fraction of sp³-hybridized carbons (Fsp3) is 0.0833. The summed E-state index contributed by atoms with van der Waals surface area (Å²) in [6.07, 6.45) is 3.39. The lowest BCUT2D eigenvalue weighted by Crippen LogP contribution is -2.12. The number of hydrogen-bond donors (Lipinski definition) is 1. The lowest BCUT2D eigenvalue weighted by Gasteiger charge is -2.20. The predicted octanol–water partition coefficient (Wildman–Crippen LogP) is 2.57. The third-order valence-corrected chi connectivity index (χ3v) is 2.39. The Hall–Kier alpha value is -2.10. The molecule has 0 amide bonds. The third kappa shape index (κ3) is 1.95. The number of anilines is 3. The second-order valence-electron chi connectivity index (χ2n) is 3.47. The van der Waals surface area contributed by atoms with Gasteiger partial charge in [0, 0.05) is 13.2 Å². The molecule has 0 saturated heterocycles. The van der Waals surface area contributed by atoms with Crippen molar-refractivity contribution in [2.24, 2.45) is 0 Å². The maximum atomic E-state index is 13.1. The van der Waals surface area contributed by atoms with Gasteiger partial charge < -0.3 is 10.6 Å². The van der Waals surface area contributed by atoms with Crippen LogP contribution >= 0.6 is 0 Å². The topological polar surface area (TPSA) is 42.2 Å². The van der Waals surface area contributed by atoms with Gasteiger partial charge in [0.25, 0.3) is 0 Å². The summed E-state index contributed by atoms with van der Waals surface area (Å²) in [5, 5.41) is 0. The monoisotopic (exact) mass is 217 g/mol. The first-order valence-corrected chi connectivity index (χ1v) is 4.87. The first kappa shape index (κ1) is 10.4. The smallest absolute Gasteiger partial charge is 0.125 e. The molecule has 1 aromatic heterocycles. The van der Waals surface area contributed by atoms with Gasteiger partial charge in [-0.2, -0.15) is 0 Å². The Balaban J connectivity index is 2.41. The van der Waals surface area contributed by atoms with Crippen molar-refractivity contribution in [1.29, 1.82) is 0 Å². The van der Waals surface area contributed by atoms with Crippen molar-refractivity contribution in [2.45, 2.75) is 0 Å². The van der Waals surface area contributed by atoms with E-state index in [1.54, 1.807) is 23.4 Å². The minimum absolute atomic E-state index is 0.306. The molecule has 82 valence electrons. The van der Waals surface area contributed by atoms with E-state index in [9.17, 15) is 4.39 Å². The lowest BCUT2D eigenvalue weighted by molar-refractivity contribution is 0.628. The summed E-state index contributed by atoms with van der Waals surface area (Å²) < 4.78 is 13.1. The molecule has 0 bridgehead atoms. The first-order chi connectivity index (χ1) is 7.68. The van der Waals surface area contributed by atoms with E-state index in [1.165, 1.54) is 12.1 Å². The maximum absolute atomic E-state index is 13.1. The van der Waals surface area contributed by atoms with Gasteiger partial charge in [-0.1, -0.05) is 0 Å². The van der Waals surface area contributed by atoms with E-state index < -0.39 is 0 Å². The van der Waals surface area contributed by atoms with Crippen LogP contribution in [-0.4, -0.2) is 12.0 Å². The first-order valence-electron chi connectivity index (χ1n) is 4.87. The van der Waals surface area contributed by atoms with E-state index >= 15 is 0 Å². The molecule has 0 aliphatic rings. The normalized spacial score (nSPS) is 10.1. The number of nitrogens with zero attached hydrogens (tertiary/aromatic N) is 2. The Morgan fingerprint density at radius 2 is 2.12 bits per heavy atom. The summed E-state index contributed by atoms with van der Waals surface area (Å²) in [6, 6.07) is 8.01. The molecule has 4 heteroatoms. The highest BCUT2D eigenvalue weighted by Crippen LogP contribution is 2.28. The second kappa shape index (κ2) is 4.18. The van der Waals surface area contributed by atoms with Gasteiger partial charge in [-0.05, 0) is 30.3 Å². The van der Waals surface area contributed by atoms with E-state index in [1.807, 2.05) is 19.2 Å². The number of benzene rings is 1. The number of pyridine rings is 1. The number of hydrogen-bond acceptors (Lipinski definition) is 3. The van der Waals surface area contributed by atoms with Gasteiger partial charge in [-0.25, -0.2) is 4.39 Å². The number of nitrogens with two attached hydrogens (primary N) is 1. The molecule has 0 saturated carbocycles. The molecule has 2 rings (SSSR count). The van der Waals surface area contributed by atoms with Crippen LogP contribution in [0.25, 0.3) is 0 Å². The quantitative estimate of drug-likeness (QED) is 0.786. The molecule has 1 heterocycles. The molecule has 0 aliphatic heterocycles. The number of halogens is 1. The van der Waals surface area contributed by atoms with Crippen LogP contribution in [-0.2, 0) is 0 Å². The summed E-state index contributed by atoms with van der Waals surface area (Å²) in [5.41, 5.74) is 7.83. The molecule has 0 spiro atoms. The van der Waals surface area contributed by atoms with E-state index in [2.05, 4.69) is 4.98 Å². The molecule has 0 fully saturated rings. The average Bonchev–Trinajstić information content (AvgIpc) is 2.32. The van der Waals surface area contributed by atoms with Gasteiger partial charge in [-0.15, -0.1) is 0 Å². The Kier molecular flexibility index (Phi) is 2.72. The van der Waals surface area contributed by atoms with Gasteiger partial charge in [0.1, 0.15) is 5.82 Å². The zero-order valence-electron chi connectivity index (χ0n) is 8.89. The summed E-state index contributed by atoms with van der Waals surface area (Å²) in [5.74, 6) is -0.306. The lowest BCUT2D eigenvalue weighted by atomic mass is 10.2. The van der Waals surface area contributed by atoms with E-state index in [4.69, 9.17) is 5.73 Å². The van der Waals surface area contributed by atoms with Crippen molar-refractivity contribution >= 4 is 17.1 Å². The second-order valence-corrected chi connectivity index (χ2v) is 3.47. The van der Waals surface area contributed by atoms with E-state index in [0.29, 0.717) is 11.4 Å². The van der Waals surface area contributed by atoms with E-state index in [-0.39, 0.29) is 5.82 Å². The van der Waals surface area contributed by atoms with Crippen molar-refractivity contribution in [2.75, 3.05) is 17.7 Å². The van der Waals surface area contributed by atoms with Crippen LogP contribution in [0.4, 0.5) is 21.5 Å². The molecule has 3 nitrogen and oxygen atoms in total. The van der Waals surface area contributed by atoms with Crippen molar-refractivity contribution in [3.05, 3.63) is 48.5 Å². The van der Waals surface area contributed by atoms with Gasteiger partial charge in [0.2, 0.25) is 0 Å². The van der Waals surface area contributed by atoms with Gasteiger partial charge in [-0.3, -0.25) is 4.98 Å². The van der Waals surface area contributed by atoms with Gasteiger partial charge in [0.05, 0.1) is 23.3 Å². The molecule has 0 radical (unpaired) electrons. The van der Waals surface area contributed by atoms with Crippen molar-refractivity contribution < 1.29 is 4.39 Å². The Morgan fingerprint density at radius 3 is 2.81 bits per heavy atom. The zero-order chi connectivity index (χ0) is 11.5. The summed E-state index contributed by atoms with van der Waals surface area (Å²) in [6.45, 7) is 0. The SMILES string of the molecule is CN(c1cccnc1)c1cc(F)ccc1N. The third-order valence-electron chi connectivity index (χ3n) is 2.39. The molecule has 2 N–H and O–H groups in total. The highest BCUT2D eigenvalue weighted by atomic mass is 19.1. The van der Waals surface area contributed by atoms with Gasteiger partial charge in [0.15, 0.2) is 0 Å². The van der Waals surface area contributed by atoms with Crippen LogP contribution in [0.5, 0.6) is 0 Å².